The Kier molecular flexibility index (Phi) is 3.31. The molecule has 0 atom stereocenters. The van der Waals surface area contributed by atoms with Crippen LogP contribution in [0.1, 0.15) is 0 Å². The highest BCUT2D eigenvalue weighted by Gasteiger charge is 2.25. The third kappa shape index (κ3) is 8.06. The van der Waals surface area contributed by atoms with Crippen molar-refractivity contribution in [2.75, 3.05) is 6.61 Å². The Balaban J connectivity index is 3.52. The van der Waals surface area contributed by atoms with E-state index in [-0.39, 0.29) is 0 Å². The van der Waals surface area contributed by atoms with Gasteiger partial charge in [0.05, 0.1) is 0 Å². The molecule has 0 spiro atoms. The van der Waals surface area contributed by atoms with Crippen LogP contribution >= 0.6 is 11.6 Å². The summed E-state index contributed by atoms with van der Waals surface area (Å²) >= 11 is 4.25. The van der Waals surface area contributed by atoms with Crippen molar-refractivity contribution in [1.82, 2.24) is 0 Å². The van der Waals surface area contributed by atoms with Gasteiger partial charge in [-0.1, -0.05) is 0 Å². The van der Waals surface area contributed by atoms with E-state index in [0.29, 0.717) is 0 Å². The van der Waals surface area contributed by atoms with Crippen molar-refractivity contribution in [3.8, 4) is 0 Å². The molecule has 0 saturated heterocycles. The van der Waals surface area contributed by atoms with E-state index in [9.17, 15) is 17.2 Å². The first-order valence-corrected chi connectivity index (χ1v) is 3.23. The Bertz CT molecular complexity index is 142. The second kappa shape index (κ2) is 3.28. The van der Waals surface area contributed by atoms with Crippen LogP contribution in [0.4, 0.5) is 8.78 Å². The maximum Gasteiger partial charge on any atom is 0.346 e. The number of hydrogen-bond donors (Lipinski definition) is 1. The SMILES string of the molecule is O=[SH](=O)OCC(F)(F)Cl. The summed E-state index contributed by atoms with van der Waals surface area (Å²) in [6, 6.07) is 0. The molecule has 0 N–H and O–H groups in total. The van der Waals surface area contributed by atoms with Gasteiger partial charge in [-0.25, -0.2) is 8.42 Å². The lowest BCUT2D eigenvalue weighted by molar-refractivity contribution is 0.0438. The Labute approximate surface area is 56.7 Å². The quantitative estimate of drug-likeness (QED) is 0.504. The van der Waals surface area contributed by atoms with Gasteiger partial charge in [0, 0.05) is 0 Å². The lowest BCUT2D eigenvalue weighted by Gasteiger charge is -2.02. The van der Waals surface area contributed by atoms with Crippen LogP contribution in [-0.4, -0.2) is 20.4 Å². The van der Waals surface area contributed by atoms with E-state index >= 15 is 0 Å². The van der Waals surface area contributed by atoms with Crippen LogP contribution in [-0.2, 0) is 15.2 Å². The fraction of sp³-hybridized carbons (Fsp3) is 1.00. The molecule has 0 unspecified atom stereocenters. The predicted molar refractivity (Wildman–Crippen MR) is 27.1 cm³/mol. The number of hydrogen-bond acceptors (Lipinski definition) is 3. The number of alkyl halides is 3. The van der Waals surface area contributed by atoms with E-state index in [0.717, 1.165) is 0 Å². The van der Waals surface area contributed by atoms with Gasteiger partial charge in [0.1, 0.15) is 6.61 Å². The average molecular weight is 181 g/mol. The third-order valence-electron chi connectivity index (χ3n) is 0.334. The van der Waals surface area contributed by atoms with Crippen LogP contribution in [0.25, 0.3) is 0 Å². The summed E-state index contributed by atoms with van der Waals surface area (Å²) in [5, 5.41) is -3.60. The van der Waals surface area contributed by atoms with Gasteiger partial charge in [-0.2, -0.15) is 8.78 Å². The first-order chi connectivity index (χ1) is 3.92. The monoisotopic (exact) mass is 180 g/mol. The molecule has 0 aromatic rings. The Morgan fingerprint density at radius 3 is 2.11 bits per heavy atom. The minimum atomic E-state index is -3.60. The van der Waals surface area contributed by atoms with Crippen molar-refractivity contribution in [1.29, 1.82) is 0 Å². The van der Waals surface area contributed by atoms with Gasteiger partial charge in [-0.15, -0.1) is 0 Å². The van der Waals surface area contributed by atoms with Gasteiger partial charge in [0.2, 0.25) is 0 Å². The molecule has 0 aromatic carbocycles. The normalized spacial score (nSPS) is 12.4. The van der Waals surface area contributed by atoms with Gasteiger partial charge in [0.25, 0.3) is 11.0 Å². The average Bonchev–Trinajstić information content (AvgIpc) is 1.59. The summed E-state index contributed by atoms with van der Waals surface area (Å²) < 4.78 is 45.3. The van der Waals surface area contributed by atoms with E-state index in [2.05, 4.69) is 15.8 Å². The molecule has 56 valence electrons. The fourth-order valence-corrected chi connectivity index (χ4v) is 0.524. The van der Waals surface area contributed by atoms with E-state index in [1.54, 1.807) is 0 Å². The van der Waals surface area contributed by atoms with Gasteiger partial charge >= 0.3 is 5.38 Å². The Morgan fingerprint density at radius 1 is 1.56 bits per heavy atom. The highest BCUT2D eigenvalue weighted by Crippen LogP contribution is 2.18. The first-order valence-electron chi connectivity index (χ1n) is 1.76. The zero-order valence-corrected chi connectivity index (χ0v) is 5.66. The Hall–Kier alpha value is 0.0600. The molecule has 0 aromatic heterocycles. The highest BCUT2D eigenvalue weighted by atomic mass is 35.5. The maximum absolute atomic E-state index is 11.5. The topological polar surface area (TPSA) is 43.4 Å². The molecule has 0 aliphatic heterocycles. The lowest BCUT2D eigenvalue weighted by atomic mass is 10.8. The Morgan fingerprint density at radius 2 is 2.00 bits per heavy atom. The molecule has 0 aliphatic carbocycles. The molecule has 7 heteroatoms. The molecule has 0 fully saturated rings. The van der Waals surface area contributed by atoms with Crippen LogP contribution in [0.15, 0.2) is 0 Å². The molecule has 0 aliphatic rings. The highest BCUT2D eigenvalue weighted by molar-refractivity contribution is 7.67. The van der Waals surface area contributed by atoms with Crippen molar-refractivity contribution in [2.45, 2.75) is 5.38 Å². The molecule has 9 heavy (non-hydrogen) atoms. The molecule has 0 rings (SSSR count). The molecule has 0 saturated carbocycles. The zero-order valence-electron chi connectivity index (χ0n) is 4.01. The molecule has 0 amide bonds. The van der Waals surface area contributed by atoms with Gasteiger partial charge in [-0.3, -0.25) is 4.18 Å². The van der Waals surface area contributed by atoms with Gasteiger partial charge in [0.15, 0.2) is 0 Å². The van der Waals surface area contributed by atoms with Crippen LogP contribution in [0.3, 0.4) is 0 Å². The number of rotatable bonds is 3. The van der Waals surface area contributed by atoms with Crippen molar-refractivity contribution < 1.29 is 21.4 Å². The van der Waals surface area contributed by atoms with Gasteiger partial charge in [-0.05, 0) is 11.6 Å². The number of halogens is 3. The van der Waals surface area contributed by atoms with Crippen LogP contribution < -0.4 is 0 Å². The summed E-state index contributed by atoms with van der Waals surface area (Å²) in [5.41, 5.74) is 0. The van der Waals surface area contributed by atoms with Crippen LogP contribution in [0, 0.1) is 0 Å². The molecule has 0 bridgehead atoms. The van der Waals surface area contributed by atoms with Crippen molar-refractivity contribution in [2.24, 2.45) is 0 Å². The van der Waals surface area contributed by atoms with Crippen LogP contribution in [0.5, 0.6) is 0 Å². The standard InChI is InChI=1S/C2H3ClF2O3S/c3-2(4,5)1-8-9(6)7/h9H,1H2. The molecular formula is C2H3ClF2O3S. The third-order valence-corrected chi connectivity index (χ3v) is 0.783. The molecular weight excluding hydrogens is 178 g/mol. The van der Waals surface area contributed by atoms with E-state index in [1.165, 1.54) is 0 Å². The van der Waals surface area contributed by atoms with Crippen LogP contribution in [0.2, 0.25) is 0 Å². The second-order valence-electron chi connectivity index (χ2n) is 1.11. The van der Waals surface area contributed by atoms with E-state index in [4.69, 9.17) is 0 Å². The summed E-state index contributed by atoms with van der Waals surface area (Å²) in [5.74, 6) is 0. The van der Waals surface area contributed by atoms with Gasteiger partial charge < -0.3 is 0 Å². The van der Waals surface area contributed by atoms with Crippen molar-refractivity contribution in [3.05, 3.63) is 0 Å². The smallest absolute Gasteiger partial charge is 0.264 e. The minimum absolute atomic E-state index is 1.31. The fourth-order valence-electron chi connectivity index (χ4n) is 0.126. The second-order valence-corrected chi connectivity index (χ2v) is 2.37. The predicted octanol–water partition coefficient (Wildman–Crippen LogP) is 0.361. The molecule has 0 radical (unpaired) electrons. The minimum Gasteiger partial charge on any atom is -0.264 e. The summed E-state index contributed by atoms with van der Waals surface area (Å²) in [6.45, 7) is -1.31. The summed E-state index contributed by atoms with van der Waals surface area (Å²) in [6.07, 6.45) is 0. The first kappa shape index (κ1) is 9.06. The lowest BCUT2D eigenvalue weighted by Crippen LogP contribution is -2.14. The summed E-state index contributed by atoms with van der Waals surface area (Å²) in [7, 11) is -3.23. The van der Waals surface area contributed by atoms with E-state index in [1.807, 2.05) is 0 Å². The number of thiol groups is 1. The van der Waals surface area contributed by atoms with Crippen molar-refractivity contribution in [3.63, 3.8) is 0 Å². The maximum atomic E-state index is 11.5. The summed E-state index contributed by atoms with van der Waals surface area (Å²) in [4.78, 5) is 0. The zero-order chi connectivity index (χ0) is 7.49. The molecule has 0 heterocycles. The molecule has 3 nitrogen and oxygen atoms in total. The largest absolute Gasteiger partial charge is 0.346 e. The van der Waals surface area contributed by atoms with E-state index < -0.39 is 23.0 Å². The van der Waals surface area contributed by atoms with Crippen molar-refractivity contribution >= 4 is 22.6 Å².